The number of aromatic nitrogens is 2. The van der Waals surface area contributed by atoms with Crippen molar-refractivity contribution >= 4 is 12.0 Å². The average Bonchev–Trinajstić information content (AvgIpc) is 2.98. The number of carbonyl (C=O) groups is 2. The molecule has 0 spiro atoms. The van der Waals surface area contributed by atoms with Crippen LogP contribution in [-0.2, 0) is 4.74 Å². The van der Waals surface area contributed by atoms with Crippen LogP contribution >= 0.6 is 0 Å². The SMILES string of the molecule is CCOC(=O)NNC(=O)c1cnn(-c2ccccc2C)c1C(C)C. The highest BCUT2D eigenvalue weighted by atomic mass is 16.5. The van der Waals surface area contributed by atoms with Crippen molar-refractivity contribution in [2.24, 2.45) is 0 Å². The highest BCUT2D eigenvalue weighted by Gasteiger charge is 2.21. The van der Waals surface area contributed by atoms with E-state index in [0.29, 0.717) is 5.56 Å². The van der Waals surface area contributed by atoms with Crippen LogP contribution in [0.2, 0.25) is 0 Å². The molecule has 0 saturated carbocycles. The number of hydrogen-bond acceptors (Lipinski definition) is 4. The summed E-state index contributed by atoms with van der Waals surface area (Å²) in [4.78, 5) is 23.7. The van der Waals surface area contributed by atoms with E-state index in [0.717, 1.165) is 16.9 Å². The third-order valence-corrected chi connectivity index (χ3v) is 3.50. The van der Waals surface area contributed by atoms with Crippen LogP contribution in [0.15, 0.2) is 30.5 Å². The topological polar surface area (TPSA) is 85.2 Å². The van der Waals surface area contributed by atoms with E-state index in [9.17, 15) is 9.59 Å². The molecule has 128 valence electrons. The number of hydrazine groups is 1. The molecular formula is C17H22N4O3. The lowest BCUT2D eigenvalue weighted by atomic mass is 10.0. The third kappa shape index (κ3) is 3.73. The Kier molecular flexibility index (Phi) is 5.57. The minimum absolute atomic E-state index is 0.0652. The van der Waals surface area contributed by atoms with Crippen LogP contribution in [0, 0.1) is 6.92 Å². The van der Waals surface area contributed by atoms with Gasteiger partial charge in [0.15, 0.2) is 0 Å². The molecular weight excluding hydrogens is 308 g/mol. The van der Waals surface area contributed by atoms with Crippen LogP contribution in [0.25, 0.3) is 5.69 Å². The molecule has 0 fully saturated rings. The Morgan fingerprint density at radius 3 is 2.58 bits per heavy atom. The van der Waals surface area contributed by atoms with Crippen molar-refractivity contribution < 1.29 is 14.3 Å². The Labute approximate surface area is 141 Å². The summed E-state index contributed by atoms with van der Waals surface area (Å²) in [6, 6.07) is 7.82. The quantitative estimate of drug-likeness (QED) is 0.844. The van der Waals surface area contributed by atoms with Gasteiger partial charge < -0.3 is 4.74 Å². The molecule has 2 rings (SSSR count). The fourth-order valence-corrected chi connectivity index (χ4v) is 2.42. The van der Waals surface area contributed by atoms with E-state index in [1.54, 1.807) is 11.6 Å². The molecule has 2 N–H and O–H groups in total. The van der Waals surface area contributed by atoms with E-state index < -0.39 is 12.0 Å². The molecule has 0 aliphatic carbocycles. The van der Waals surface area contributed by atoms with Crippen molar-refractivity contribution in [3.05, 3.63) is 47.3 Å². The van der Waals surface area contributed by atoms with Gasteiger partial charge >= 0.3 is 6.09 Å². The van der Waals surface area contributed by atoms with Crippen LogP contribution in [0.3, 0.4) is 0 Å². The zero-order valence-electron chi connectivity index (χ0n) is 14.3. The maximum absolute atomic E-state index is 12.4. The molecule has 0 aliphatic heterocycles. The monoisotopic (exact) mass is 330 g/mol. The van der Waals surface area contributed by atoms with Gasteiger partial charge in [-0.1, -0.05) is 32.0 Å². The summed E-state index contributed by atoms with van der Waals surface area (Å²) in [6.45, 7) is 7.88. The molecule has 1 aromatic heterocycles. The summed E-state index contributed by atoms with van der Waals surface area (Å²) in [5.41, 5.74) is 7.70. The molecule has 2 amide bonds. The van der Waals surface area contributed by atoms with Crippen LogP contribution in [0.4, 0.5) is 4.79 Å². The first-order valence-corrected chi connectivity index (χ1v) is 7.82. The fraction of sp³-hybridized carbons (Fsp3) is 0.353. The van der Waals surface area contributed by atoms with Crippen molar-refractivity contribution in [3.8, 4) is 5.69 Å². The number of nitrogens with zero attached hydrogens (tertiary/aromatic N) is 2. The van der Waals surface area contributed by atoms with Crippen molar-refractivity contribution in [2.75, 3.05) is 6.61 Å². The second kappa shape index (κ2) is 7.63. The standard InChI is InChI=1S/C17H22N4O3/c1-5-24-17(23)20-19-16(22)13-10-18-21(15(13)11(2)3)14-9-7-6-8-12(14)4/h6-11H,5H2,1-4H3,(H,19,22)(H,20,23). The van der Waals surface area contributed by atoms with Crippen molar-refractivity contribution in [1.29, 1.82) is 0 Å². The molecule has 0 saturated heterocycles. The highest BCUT2D eigenvalue weighted by molar-refractivity contribution is 5.96. The number of para-hydroxylation sites is 1. The summed E-state index contributed by atoms with van der Waals surface area (Å²) >= 11 is 0. The Hall–Kier alpha value is -2.83. The van der Waals surface area contributed by atoms with Crippen molar-refractivity contribution in [1.82, 2.24) is 20.6 Å². The number of benzene rings is 1. The molecule has 0 bridgehead atoms. The Morgan fingerprint density at radius 1 is 1.25 bits per heavy atom. The molecule has 1 aromatic carbocycles. The lowest BCUT2D eigenvalue weighted by Crippen LogP contribution is -2.42. The molecule has 0 aliphatic rings. The van der Waals surface area contributed by atoms with E-state index in [-0.39, 0.29) is 12.5 Å². The van der Waals surface area contributed by atoms with E-state index in [4.69, 9.17) is 4.74 Å². The predicted octanol–water partition coefficient (Wildman–Crippen LogP) is 2.70. The van der Waals surface area contributed by atoms with E-state index >= 15 is 0 Å². The van der Waals surface area contributed by atoms with Gasteiger partial charge in [0, 0.05) is 0 Å². The average molecular weight is 330 g/mol. The number of hydrogen-bond donors (Lipinski definition) is 2. The first kappa shape index (κ1) is 17.5. The van der Waals surface area contributed by atoms with Gasteiger partial charge in [0.2, 0.25) is 0 Å². The second-order valence-electron chi connectivity index (χ2n) is 5.60. The third-order valence-electron chi connectivity index (χ3n) is 3.50. The van der Waals surface area contributed by atoms with Gasteiger partial charge in [0.25, 0.3) is 5.91 Å². The zero-order valence-corrected chi connectivity index (χ0v) is 14.3. The van der Waals surface area contributed by atoms with E-state index in [2.05, 4.69) is 16.0 Å². The van der Waals surface area contributed by atoms with Gasteiger partial charge in [-0.15, -0.1) is 0 Å². The van der Waals surface area contributed by atoms with E-state index in [1.165, 1.54) is 6.20 Å². The van der Waals surface area contributed by atoms with Crippen LogP contribution in [0.5, 0.6) is 0 Å². The molecule has 0 atom stereocenters. The molecule has 0 radical (unpaired) electrons. The smallest absolute Gasteiger partial charge is 0.426 e. The minimum Gasteiger partial charge on any atom is -0.449 e. The molecule has 24 heavy (non-hydrogen) atoms. The minimum atomic E-state index is -0.705. The second-order valence-corrected chi connectivity index (χ2v) is 5.60. The number of aryl methyl sites for hydroxylation is 1. The Balaban J connectivity index is 2.30. The maximum atomic E-state index is 12.4. The summed E-state index contributed by atoms with van der Waals surface area (Å²) < 4.78 is 6.47. The summed E-state index contributed by atoms with van der Waals surface area (Å²) in [6.07, 6.45) is 0.799. The fourth-order valence-electron chi connectivity index (χ4n) is 2.42. The normalized spacial score (nSPS) is 10.5. The summed E-state index contributed by atoms with van der Waals surface area (Å²) in [5.74, 6) is -0.373. The van der Waals surface area contributed by atoms with Crippen molar-refractivity contribution in [2.45, 2.75) is 33.6 Å². The van der Waals surface area contributed by atoms with Gasteiger partial charge in [0.05, 0.1) is 29.7 Å². The number of carbonyl (C=O) groups excluding carboxylic acids is 2. The molecule has 0 unspecified atom stereocenters. The largest absolute Gasteiger partial charge is 0.449 e. The van der Waals surface area contributed by atoms with Crippen LogP contribution in [0.1, 0.15) is 48.3 Å². The summed E-state index contributed by atoms with van der Waals surface area (Å²) in [7, 11) is 0. The highest BCUT2D eigenvalue weighted by Crippen LogP contribution is 2.24. The van der Waals surface area contributed by atoms with Gasteiger partial charge in [-0.25, -0.2) is 14.9 Å². The number of nitrogens with one attached hydrogen (secondary N) is 2. The van der Waals surface area contributed by atoms with Crippen LogP contribution in [-0.4, -0.2) is 28.4 Å². The Morgan fingerprint density at radius 2 is 1.96 bits per heavy atom. The van der Waals surface area contributed by atoms with Gasteiger partial charge in [0.1, 0.15) is 0 Å². The molecule has 7 nitrogen and oxygen atoms in total. The first-order valence-electron chi connectivity index (χ1n) is 7.82. The maximum Gasteiger partial charge on any atom is 0.426 e. The van der Waals surface area contributed by atoms with E-state index in [1.807, 2.05) is 45.0 Å². The number of ether oxygens (including phenoxy) is 1. The lowest BCUT2D eigenvalue weighted by molar-refractivity contribution is 0.0911. The molecule has 2 aromatic rings. The van der Waals surface area contributed by atoms with Gasteiger partial charge in [-0.05, 0) is 31.4 Å². The van der Waals surface area contributed by atoms with Crippen LogP contribution < -0.4 is 10.9 Å². The molecule has 1 heterocycles. The summed E-state index contributed by atoms with van der Waals surface area (Å²) in [5, 5.41) is 4.36. The van der Waals surface area contributed by atoms with Gasteiger partial charge in [-0.3, -0.25) is 10.2 Å². The molecule has 7 heteroatoms. The Bertz CT molecular complexity index is 737. The first-order chi connectivity index (χ1) is 11.5. The number of amides is 2. The van der Waals surface area contributed by atoms with Crippen molar-refractivity contribution in [3.63, 3.8) is 0 Å². The predicted molar refractivity (Wildman–Crippen MR) is 90.0 cm³/mol. The van der Waals surface area contributed by atoms with Gasteiger partial charge in [-0.2, -0.15) is 5.10 Å². The number of rotatable bonds is 4. The lowest BCUT2D eigenvalue weighted by Gasteiger charge is -2.14. The zero-order chi connectivity index (χ0) is 17.7.